The Labute approximate surface area is 159 Å². The van der Waals surface area contributed by atoms with Gasteiger partial charge in [0.2, 0.25) is 0 Å². The van der Waals surface area contributed by atoms with Crippen LogP contribution in [0.25, 0.3) is 0 Å². The minimum Gasteiger partial charge on any atom is 5.00 e. The minimum atomic E-state index is 0. The number of hydrogen-bond acceptors (Lipinski definition) is 0. The molecule has 0 saturated heterocycles. The molecule has 131 valence electrons. The minimum absolute atomic E-state index is 0. The van der Waals surface area contributed by atoms with Gasteiger partial charge >= 0.3 is 73.9 Å². The summed E-state index contributed by atoms with van der Waals surface area (Å²) in [5, 5.41) is 0. The van der Waals surface area contributed by atoms with Crippen LogP contribution in [0.15, 0.2) is 0 Å². The van der Waals surface area contributed by atoms with Crippen molar-refractivity contribution in [3.8, 4) is 0 Å². The van der Waals surface area contributed by atoms with E-state index < -0.39 is 0 Å². The van der Waals surface area contributed by atoms with Crippen molar-refractivity contribution in [2.75, 3.05) is 18.5 Å². The van der Waals surface area contributed by atoms with Crippen LogP contribution in [-0.2, 0) is 40.6 Å². The fraction of sp³-hybridized carbons (Fsp3) is 0.706. The van der Waals surface area contributed by atoms with E-state index in [1.54, 1.807) is 18.5 Å². The predicted molar refractivity (Wildman–Crippen MR) is 87.3 cm³/mol. The maximum Gasteiger partial charge on any atom is 5.00 e. The molecule has 0 aromatic rings. The Kier molecular flexibility index (Phi) is 143. The zero-order valence-electron chi connectivity index (χ0n) is 14.8. The Balaban J connectivity index is -0.0000000448. The van der Waals surface area contributed by atoms with E-state index in [-0.39, 0.29) is 25.3 Å². The summed E-state index contributed by atoms with van der Waals surface area (Å²) in [5.41, 5.74) is 0. The SMILES string of the molecule is CCCC[PH+](CCCC)CCCC.[C-]#[O+].[C-]#[O+].[C-]#[O+].[C-]#[O+].[C-]#[O+].[Cr+5]. The van der Waals surface area contributed by atoms with Gasteiger partial charge in [-0.15, -0.1) is 0 Å². The van der Waals surface area contributed by atoms with Gasteiger partial charge in [0, 0.05) is 7.92 Å². The van der Waals surface area contributed by atoms with Crippen LogP contribution in [0.2, 0.25) is 0 Å². The van der Waals surface area contributed by atoms with Gasteiger partial charge in [0.1, 0.15) is 0 Å². The van der Waals surface area contributed by atoms with Gasteiger partial charge in [0.15, 0.2) is 0 Å². The number of unbranched alkanes of at least 4 members (excludes halogenated alkanes) is 3. The quantitative estimate of drug-likeness (QED) is 0.314. The largest absolute Gasteiger partial charge is 5.00 e. The summed E-state index contributed by atoms with van der Waals surface area (Å²) in [5.74, 6) is 0. The van der Waals surface area contributed by atoms with Gasteiger partial charge in [0.05, 0.1) is 18.5 Å². The van der Waals surface area contributed by atoms with Crippen molar-refractivity contribution in [1.82, 2.24) is 0 Å². The van der Waals surface area contributed by atoms with Gasteiger partial charge in [-0.1, -0.05) is 40.0 Å². The first-order valence-electron chi connectivity index (χ1n) is 7.20. The molecule has 0 heterocycles. The molecule has 0 aliphatic carbocycles. The molecule has 5 nitrogen and oxygen atoms in total. The topological polar surface area (TPSA) is 99.5 Å². The summed E-state index contributed by atoms with van der Waals surface area (Å²) in [7, 11) is 0.0675. The van der Waals surface area contributed by atoms with E-state index in [2.05, 4.69) is 54.0 Å². The summed E-state index contributed by atoms with van der Waals surface area (Å²) in [4.78, 5) is 0. The van der Waals surface area contributed by atoms with Crippen LogP contribution in [0, 0.1) is 33.3 Å². The molecule has 0 fully saturated rings. The second-order valence-corrected chi connectivity index (χ2v) is 7.06. The Bertz CT molecular complexity index is 208. The molecule has 0 amide bonds. The number of rotatable bonds is 9. The summed E-state index contributed by atoms with van der Waals surface area (Å²) < 4.78 is 37.5. The number of hydrogen-bond donors (Lipinski definition) is 0. The zero-order chi connectivity index (χ0) is 19.9. The Morgan fingerprint density at radius 1 is 0.500 bits per heavy atom. The Hall–Kier alpha value is -0.338. The van der Waals surface area contributed by atoms with Gasteiger partial charge in [-0.3, -0.25) is 0 Å². The standard InChI is InChI=1S/C12H27P.5CO.Cr/c1-4-7-10-13(11-8-5-2)12-9-6-3;5*1-2;/h4-12H2,1-3H3;;;;;;/q;;;;;;+5/p+1. The van der Waals surface area contributed by atoms with Crippen LogP contribution in [-0.4, -0.2) is 18.5 Å². The van der Waals surface area contributed by atoms with Crippen molar-refractivity contribution in [2.45, 2.75) is 59.3 Å². The average Bonchev–Trinajstić information content (AvgIpc) is 2.69. The molecule has 7 heteroatoms. The summed E-state index contributed by atoms with van der Waals surface area (Å²) >= 11 is 0. The van der Waals surface area contributed by atoms with Crippen molar-refractivity contribution in [1.29, 1.82) is 0 Å². The summed E-state index contributed by atoms with van der Waals surface area (Å²) in [6.07, 6.45) is 13.4. The van der Waals surface area contributed by atoms with Gasteiger partial charge in [-0.05, 0) is 19.3 Å². The predicted octanol–water partition coefficient (Wildman–Crippen LogP) is 4.41. The van der Waals surface area contributed by atoms with E-state index in [1.807, 2.05) is 0 Å². The van der Waals surface area contributed by atoms with E-state index in [0.717, 1.165) is 0 Å². The molecule has 0 aromatic heterocycles. The Morgan fingerprint density at radius 2 is 0.667 bits per heavy atom. The molecule has 0 spiro atoms. The van der Waals surface area contributed by atoms with Gasteiger partial charge in [-0.2, -0.15) is 0 Å². The second kappa shape index (κ2) is 78.2. The maximum absolute atomic E-state index is 7.50. The van der Waals surface area contributed by atoms with Crippen LogP contribution in [0.3, 0.4) is 0 Å². The first-order valence-corrected chi connectivity index (χ1v) is 9.32. The van der Waals surface area contributed by atoms with Crippen molar-refractivity contribution in [3.63, 3.8) is 0 Å². The third-order valence-corrected chi connectivity index (χ3v) is 5.83. The molecule has 0 aliphatic rings. The zero-order valence-corrected chi connectivity index (χ0v) is 17.1. The van der Waals surface area contributed by atoms with Crippen LogP contribution in [0.1, 0.15) is 59.3 Å². The second-order valence-electron chi connectivity index (χ2n) is 4.06. The molecule has 0 aliphatic heterocycles. The van der Waals surface area contributed by atoms with Crippen molar-refractivity contribution < 1.29 is 40.6 Å². The van der Waals surface area contributed by atoms with Crippen LogP contribution in [0.4, 0.5) is 0 Å². The molecular formula is C17H28CrO5P+6. The molecule has 0 aromatic carbocycles. The molecule has 0 saturated carbocycles. The molecule has 0 unspecified atom stereocenters. The van der Waals surface area contributed by atoms with Gasteiger partial charge in [0.25, 0.3) is 0 Å². The van der Waals surface area contributed by atoms with Crippen LogP contribution in [0.5, 0.6) is 0 Å². The molecule has 0 bridgehead atoms. The normalized spacial score (nSPS) is 6.42. The Morgan fingerprint density at radius 3 is 0.792 bits per heavy atom. The van der Waals surface area contributed by atoms with Gasteiger partial charge in [-0.25, -0.2) is 0 Å². The maximum atomic E-state index is 7.50. The van der Waals surface area contributed by atoms with Crippen molar-refractivity contribution >= 4 is 7.92 Å². The fourth-order valence-electron chi connectivity index (χ4n) is 1.66. The van der Waals surface area contributed by atoms with Crippen LogP contribution >= 0.6 is 7.92 Å². The summed E-state index contributed by atoms with van der Waals surface area (Å²) in [6, 6.07) is 0. The smallest absolute Gasteiger partial charge is 5.00 e. The van der Waals surface area contributed by atoms with E-state index in [9.17, 15) is 0 Å². The molecule has 1 radical (unpaired) electrons. The summed E-state index contributed by atoms with van der Waals surface area (Å²) in [6.45, 7) is 29.5. The average molecular weight is 395 g/mol. The third-order valence-electron chi connectivity index (χ3n) is 2.65. The fourth-order valence-corrected chi connectivity index (χ4v) is 4.97. The van der Waals surface area contributed by atoms with E-state index in [1.165, 1.54) is 38.5 Å². The van der Waals surface area contributed by atoms with Gasteiger partial charge < -0.3 is 0 Å². The van der Waals surface area contributed by atoms with Crippen LogP contribution < -0.4 is 0 Å². The molecule has 24 heavy (non-hydrogen) atoms. The first kappa shape index (κ1) is 43.8. The van der Waals surface area contributed by atoms with E-state index in [0.29, 0.717) is 0 Å². The monoisotopic (exact) mass is 395 g/mol. The van der Waals surface area contributed by atoms with E-state index >= 15 is 0 Å². The molecular weight excluding hydrogens is 367 g/mol. The first-order chi connectivity index (χ1) is 11.3. The molecule has 0 atom stereocenters. The van der Waals surface area contributed by atoms with E-state index in [4.69, 9.17) is 23.3 Å². The molecule has 0 N–H and O–H groups in total. The third kappa shape index (κ3) is 68.0. The van der Waals surface area contributed by atoms with Crippen molar-refractivity contribution in [2.24, 2.45) is 0 Å². The van der Waals surface area contributed by atoms with Crippen molar-refractivity contribution in [3.05, 3.63) is 33.3 Å². The molecule has 0 rings (SSSR count).